The van der Waals surface area contributed by atoms with Gasteiger partial charge in [0.2, 0.25) is 0 Å². The van der Waals surface area contributed by atoms with E-state index in [1.54, 1.807) is 12.1 Å². The monoisotopic (exact) mass is 252 g/mol. The number of hydrogen-bond donors (Lipinski definition) is 1. The standard InChI is InChI=1S/C13H16O5/c1-8(13(14)15)5-10-11(17-3)6-9(16-2)7-12(10)18-4/h6-7H,1,5H2,2-4H3,(H,14,15). The molecule has 0 aliphatic heterocycles. The fourth-order valence-corrected chi connectivity index (χ4v) is 1.54. The van der Waals surface area contributed by atoms with Gasteiger partial charge in [-0.3, -0.25) is 0 Å². The molecule has 0 unspecified atom stereocenters. The molecule has 1 aromatic carbocycles. The number of carboxylic acid groups (broad SMARTS) is 1. The second-order valence-electron chi connectivity index (χ2n) is 3.60. The zero-order chi connectivity index (χ0) is 13.7. The highest BCUT2D eigenvalue weighted by atomic mass is 16.5. The van der Waals surface area contributed by atoms with E-state index in [4.69, 9.17) is 19.3 Å². The highest BCUT2D eigenvalue weighted by molar-refractivity contribution is 5.86. The van der Waals surface area contributed by atoms with Gasteiger partial charge in [-0.15, -0.1) is 0 Å². The molecule has 0 radical (unpaired) electrons. The fourth-order valence-electron chi connectivity index (χ4n) is 1.54. The Balaban J connectivity index is 3.22. The Morgan fingerprint density at radius 3 is 2.00 bits per heavy atom. The predicted octanol–water partition coefficient (Wildman–Crippen LogP) is 1.90. The number of carbonyl (C=O) groups is 1. The first-order chi connectivity index (χ1) is 8.53. The van der Waals surface area contributed by atoms with E-state index in [0.29, 0.717) is 22.8 Å². The molecule has 1 aromatic rings. The minimum atomic E-state index is -1.05. The van der Waals surface area contributed by atoms with Crippen molar-refractivity contribution in [1.82, 2.24) is 0 Å². The number of rotatable bonds is 6. The van der Waals surface area contributed by atoms with Gasteiger partial charge in [-0.2, -0.15) is 0 Å². The number of carboxylic acids is 1. The van der Waals surface area contributed by atoms with Crippen molar-refractivity contribution in [2.75, 3.05) is 21.3 Å². The highest BCUT2D eigenvalue weighted by Gasteiger charge is 2.16. The van der Waals surface area contributed by atoms with Crippen molar-refractivity contribution in [3.8, 4) is 17.2 Å². The molecule has 98 valence electrons. The molecular weight excluding hydrogens is 236 g/mol. The summed E-state index contributed by atoms with van der Waals surface area (Å²) in [7, 11) is 4.53. The zero-order valence-corrected chi connectivity index (χ0v) is 10.6. The van der Waals surface area contributed by atoms with E-state index < -0.39 is 5.97 Å². The molecule has 0 fully saturated rings. The minimum absolute atomic E-state index is 0.0665. The van der Waals surface area contributed by atoms with Gasteiger partial charge in [0.05, 0.1) is 21.3 Å². The summed E-state index contributed by atoms with van der Waals surface area (Å²) in [5.74, 6) is 0.547. The lowest BCUT2D eigenvalue weighted by Gasteiger charge is -2.14. The lowest BCUT2D eigenvalue weighted by molar-refractivity contribution is -0.132. The van der Waals surface area contributed by atoms with Gasteiger partial charge >= 0.3 is 5.97 Å². The number of hydrogen-bond acceptors (Lipinski definition) is 4. The highest BCUT2D eigenvalue weighted by Crippen LogP contribution is 2.35. The topological polar surface area (TPSA) is 65.0 Å². The van der Waals surface area contributed by atoms with Crippen molar-refractivity contribution in [2.24, 2.45) is 0 Å². The van der Waals surface area contributed by atoms with Crippen molar-refractivity contribution >= 4 is 5.97 Å². The molecule has 0 atom stereocenters. The van der Waals surface area contributed by atoms with E-state index in [1.165, 1.54) is 21.3 Å². The predicted molar refractivity (Wildman–Crippen MR) is 66.6 cm³/mol. The molecule has 0 amide bonds. The maximum absolute atomic E-state index is 10.8. The second-order valence-corrected chi connectivity index (χ2v) is 3.60. The molecule has 18 heavy (non-hydrogen) atoms. The summed E-state index contributed by atoms with van der Waals surface area (Å²) < 4.78 is 15.5. The molecular formula is C13H16O5. The summed E-state index contributed by atoms with van der Waals surface area (Å²) in [6, 6.07) is 3.35. The Labute approximate surface area is 106 Å². The molecule has 1 N–H and O–H groups in total. The van der Waals surface area contributed by atoms with Crippen LogP contribution in [-0.2, 0) is 11.2 Å². The van der Waals surface area contributed by atoms with Crippen molar-refractivity contribution in [3.05, 3.63) is 29.8 Å². The largest absolute Gasteiger partial charge is 0.496 e. The first-order valence-electron chi connectivity index (χ1n) is 5.23. The minimum Gasteiger partial charge on any atom is -0.496 e. The number of methoxy groups -OCH3 is 3. The molecule has 0 aliphatic carbocycles. The van der Waals surface area contributed by atoms with Gasteiger partial charge in [0, 0.05) is 29.7 Å². The lowest BCUT2D eigenvalue weighted by Crippen LogP contribution is -2.05. The van der Waals surface area contributed by atoms with Gasteiger partial charge in [0.25, 0.3) is 0 Å². The lowest BCUT2D eigenvalue weighted by atomic mass is 10.0. The van der Waals surface area contributed by atoms with Gasteiger partial charge in [-0.05, 0) is 0 Å². The van der Waals surface area contributed by atoms with Gasteiger partial charge in [-0.1, -0.05) is 6.58 Å². The van der Waals surface area contributed by atoms with Crippen LogP contribution in [0.3, 0.4) is 0 Å². The Morgan fingerprint density at radius 1 is 1.17 bits per heavy atom. The van der Waals surface area contributed by atoms with Crippen LogP contribution in [0.1, 0.15) is 5.56 Å². The van der Waals surface area contributed by atoms with E-state index in [9.17, 15) is 4.79 Å². The summed E-state index contributed by atoms with van der Waals surface area (Å²) >= 11 is 0. The van der Waals surface area contributed by atoms with E-state index in [0.717, 1.165) is 0 Å². The van der Waals surface area contributed by atoms with Crippen LogP contribution in [0.15, 0.2) is 24.3 Å². The van der Waals surface area contributed by atoms with Crippen LogP contribution < -0.4 is 14.2 Å². The molecule has 0 aliphatic rings. The SMILES string of the molecule is C=C(Cc1c(OC)cc(OC)cc1OC)C(=O)O. The van der Waals surface area contributed by atoms with Crippen LogP contribution in [-0.4, -0.2) is 32.4 Å². The third-order valence-corrected chi connectivity index (χ3v) is 2.51. The van der Waals surface area contributed by atoms with Crippen LogP contribution in [0.4, 0.5) is 0 Å². The number of aliphatic carboxylic acids is 1. The number of benzene rings is 1. The van der Waals surface area contributed by atoms with Crippen molar-refractivity contribution in [3.63, 3.8) is 0 Å². The average molecular weight is 252 g/mol. The third kappa shape index (κ3) is 2.94. The van der Waals surface area contributed by atoms with Gasteiger partial charge < -0.3 is 19.3 Å². The summed E-state index contributed by atoms with van der Waals surface area (Å²) in [5.41, 5.74) is 0.699. The maximum atomic E-state index is 10.8. The Kier molecular flexibility index (Phi) is 4.59. The summed E-state index contributed by atoms with van der Waals surface area (Å²) in [5, 5.41) is 8.87. The molecule has 0 spiro atoms. The van der Waals surface area contributed by atoms with Gasteiger partial charge in [-0.25, -0.2) is 4.79 Å². The van der Waals surface area contributed by atoms with Gasteiger partial charge in [0.1, 0.15) is 17.2 Å². The third-order valence-electron chi connectivity index (χ3n) is 2.51. The van der Waals surface area contributed by atoms with Crippen LogP contribution >= 0.6 is 0 Å². The average Bonchev–Trinajstić information content (AvgIpc) is 2.38. The molecule has 0 bridgehead atoms. The molecule has 0 heterocycles. The van der Waals surface area contributed by atoms with Crippen LogP contribution in [0.5, 0.6) is 17.2 Å². The molecule has 5 nitrogen and oxygen atoms in total. The summed E-state index contributed by atoms with van der Waals surface area (Å²) in [6.45, 7) is 3.50. The van der Waals surface area contributed by atoms with Crippen LogP contribution in [0, 0.1) is 0 Å². The Hall–Kier alpha value is -2.17. The smallest absolute Gasteiger partial charge is 0.331 e. The molecule has 0 saturated carbocycles. The van der Waals surface area contributed by atoms with Crippen molar-refractivity contribution < 1.29 is 24.1 Å². The van der Waals surface area contributed by atoms with Crippen LogP contribution in [0.2, 0.25) is 0 Å². The normalized spacial score (nSPS) is 9.72. The molecule has 5 heteroatoms. The molecule has 0 aromatic heterocycles. The Morgan fingerprint density at radius 2 is 1.67 bits per heavy atom. The van der Waals surface area contributed by atoms with Crippen molar-refractivity contribution in [2.45, 2.75) is 6.42 Å². The molecule has 0 saturated heterocycles. The summed E-state index contributed by atoms with van der Waals surface area (Å²) in [4.78, 5) is 10.8. The summed E-state index contributed by atoms with van der Waals surface area (Å²) in [6.07, 6.45) is 0.145. The second kappa shape index (κ2) is 5.95. The zero-order valence-electron chi connectivity index (χ0n) is 10.6. The van der Waals surface area contributed by atoms with E-state index in [1.807, 2.05) is 0 Å². The maximum Gasteiger partial charge on any atom is 0.331 e. The first-order valence-corrected chi connectivity index (χ1v) is 5.23. The fraction of sp³-hybridized carbons (Fsp3) is 0.308. The van der Waals surface area contributed by atoms with E-state index in [-0.39, 0.29) is 12.0 Å². The first kappa shape index (κ1) is 13.9. The quantitative estimate of drug-likeness (QED) is 0.783. The number of ether oxygens (including phenoxy) is 3. The van der Waals surface area contributed by atoms with E-state index in [2.05, 4.69) is 6.58 Å². The Bertz CT molecular complexity index is 439. The van der Waals surface area contributed by atoms with Gasteiger partial charge in [0.15, 0.2) is 0 Å². The van der Waals surface area contributed by atoms with Crippen molar-refractivity contribution in [1.29, 1.82) is 0 Å². The van der Waals surface area contributed by atoms with E-state index >= 15 is 0 Å². The van der Waals surface area contributed by atoms with Crippen LogP contribution in [0.25, 0.3) is 0 Å². The molecule has 1 rings (SSSR count).